The lowest BCUT2D eigenvalue weighted by Crippen LogP contribution is -2.28. The monoisotopic (exact) mass is 310 g/mol. The Morgan fingerprint density at radius 3 is 2.52 bits per heavy atom. The number of phenolic OH excluding ortho intramolecular Hbond substituents is 1. The van der Waals surface area contributed by atoms with Gasteiger partial charge in [-0.2, -0.15) is 0 Å². The first kappa shape index (κ1) is 15.1. The molecule has 5 nitrogen and oxygen atoms in total. The van der Waals surface area contributed by atoms with Gasteiger partial charge in [0.05, 0.1) is 5.92 Å². The summed E-state index contributed by atoms with van der Waals surface area (Å²) in [6.07, 6.45) is 0.233. The van der Waals surface area contributed by atoms with Crippen LogP contribution in [0.1, 0.15) is 12.0 Å². The number of carbonyl (C=O) groups is 2. The van der Waals surface area contributed by atoms with Crippen LogP contribution in [-0.4, -0.2) is 28.4 Å². The number of likely N-dealkylation sites (tertiary alicyclic amines) is 1. The average Bonchev–Trinajstić information content (AvgIpc) is 2.92. The van der Waals surface area contributed by atoms with Crippen LogP contribution in [0.2, 0.25) is 0 Å². The van der Waals surface area contributed by atoms with Crippen LogP contribution < -0.4 is 5.32 Å². The minimum atomic E-state index is -0.347. The number of hydrogen-bond donors (Lipinski definition) is 2. The predicted octanol–water partition coefficient (Wildman–Crippen LogP) is 2.38. The Hall–Kier alpha value is -2.82. The van der Waals surface area contributed by atoms with Gasteiger partial charge in [-0.15, -0.1) is 0 Å². The largest absolute Gasteiger partial charge is 0.508 e. The quantitative estimate of drug-likeness (QED) is 0.852. The molecule has 2 aromatic rings. The first-order valence-electron chi connectivity index (χ1n) is 7.53. The summed E-state index contributed by atoms with van der Waals surface area (Å²) >= 11 is 0. The van der Waals surface area contributed by atoms with Gasteiger partial charge in [0.15, 0.2) is 0 Å². The average molecular weight is 310 g/mol. The van der Waals surface area contributed by atoms with Crippen LogP contribution in [0, 0.1) is 5.92 Å². The van der Waals surface area contributed by atoms with Crippen LogP contribution in [0.5, 0.6) is 5.75 Å². The van der Waals surface area contributed by atoms with Crippen LogP contribution >= 0.6 is 0 Å². The minimum Gasteiger partial charge on any atom is -0.508 e. The number of hydrogen-bond acceptors (Lipinski definition) is 3. The summed E-state index contributed by atoms with van der Waals surface area (Å²) in [5, 5.41) is 12.0. The Balaban J connectivity index is 1.60. The summed E-state index contributed by atoms with van der Waals surface area (Å²) in [4.78, 5) is 26.1. The molecule has 1 fully saturated rings. The number of phenols is 1. The molecule has 1 atom stereocenters. The van der Waals surface area contributed by atoms with Crippen molar-refractivity contribution in [1.29, 1.82) is 0 Å². The second kappa shape index (κ2) is 6.52. The van der Waals surface area contributed by atoms with E-state index in [1.54, 1.807) is 17.0 Å². The summed E-state index contributed by atoms with van der Waals surface area (Å²) in [6.45, 7) is 0.959. The highest BCUT2D eigenvalue weighted by Crippen LogP contribution is 2.22. The number of amides is 2. The Labute approximate surface area is 134 Å². The van der Waals surface area contributed by atoms with E-state index in [0.717, 1.165) is 5.56 Å². The fourth-order valence-electron chi connectivity index (χ4n) is 2.69. The van der Waals surface area contributed by atoms with Crippen molar-refractivity contribution in [2.75, 3.05) is 11.9 Å². The zero-order valence-corrected chi connectivity index (χ0v) is 12.6. The van der Waals surface area contributed by atoms with E-state index in [9.17, 15) is 14.7 Å². The van der Waals surface area contributed by atoms with Crippen LogP contribution in [0.25, 0.3) is 0 Å². The standard InChI is InChI=1S/C18H18N2O3/c21-16-8-6-15(7-9-16)19-18(23)14-10-17(22)20(12-14)11-13-4-2-1-3-5-13/h1-9,14,21H,10-12H2,(H,19,23). The topological polar surface area (TPSA) is 69.6 Å². The highest BCUT2D eigenvalue weighted by Gasteiger charge is 2.34. The summed E-state index contributed by atoms with van der Waals surface area (Å²) in [5.74, 6) is -0.368. The molecule has 3 rings (SSSR count). The van der Waals surface area contributed by atoms with Crippen molar-refractivity contribution in [3.63, 3.8) is 0 Å². The van der Waals surface area contributed by atoms with E-state index < -0.39 is 0 Å². The van der Waals surface area contributed by atoms with E-state index in [0.29, 0.717) is 18.8 Å². The fourth-order valence-corrected chi connectivity index (χ4v) is 2.69. The summed E-state index contributed by atoms with van der Waals surface area (Å²) in [5.41, 5.74) is 1.67. The molecule has 2 amide bonds. The molecule has 0 bridgehead atoms. The SMILES string of the molecule is O=C(Nc1ccc(O)cc1)C1CC(=O)N(Cc2ccccc2)C1. The van der Waals surface area contributed by atoms with Crippen molar-refractivity contribution in [2.24, 2.45) is 5.92 Å². The van der Waals surface area contributed by atoms with Crippen molar-refractivity contribution in [3.8, 4) is 5.75 Å². The Morgan fingerprint density at radius 2 is 1.83 bits per heavy atom. The molecule has 2 aromatic carbocycles. The molecule has 0 saturated carbocycles. The molecule has 0 aliphatic carbocycles. The number of rotatable bonds is 4. The lowest BCUT2D eigenvalue weighted by Gasteiger charge is -2.16. The normalized spacial score (nSPS) is 17.3. The van der Waals surface area contributed by atoms with Gasteiger partial charge in [-0.25, -0.2) is 0 Å². The molecule has 118 valence electrons. The molecule has 1 aliphatic heterocycles. The van der Waals surface area contributed by atoms with Crippen molar-refractivity contribution in [3.05, 3.63) is 60.2 Å². The van der Waals surface area contributed by atoms with E-state index in [1.807, 2.05) is 30.3 Å². The van der Waals surface area contributed by atoms with E-state index >= 15 is 0 Å². The third-order valence-electron chi connectivity index (χ3n) is 3.94. The van der Waals surface area contributed by atoms with E-state index in [-0.39, 0.29) is 29.9 Å². The van der Waals surface area contributed by atoms with Gasteiger partial charge < -0.3 is 15.3 Å². The first-order valence-corrected chi connectivity index (χ1v) is 7.53. The molecule has 1 heterocycles. The van der Waals surface area contributed by atoms with E-state index in [1.165, 1.54) is 12.1 Å². The maximum absolute atomic E-state index is 12.3. The lowest BCUT2D eigenvalue weighted by atomic mass is 10.1. The highest BCUT2D eigenvalue weighted by atomic mass is 16.3. The van der Waals surface area contributed by atoms with Gasteiger partial charge >= 0.3 is 0 Å². The maximum atomic E-state index is 12.3. The van der Waals surface area contributed by atoms with Gasteiger partial charge in [-0.1, -0.05) is 30.3 Å². The summed E-state index contributed by atoms with van der Waals surface area (Å²) in [7, 11) is 0. The van der Waals surface area contributed by atoms with Crippen molar-refractivity contribution in [1.82, 2.24) is 4.90 Å². The molecular formula is C18H18N2O3. The molecule has 2 N–H and O–H groups in total. The third kappa shape index (κ3) is 3.69. The Bertz CT molecular complexity index is 698. The van der Waals surface area contributed by atoms with Gasteiger partial charge in [0.2, 0.25) is 11.8 Å². The van der Waals surface area contributed by atoms with E-state index in [2.05, 4.69) is 5.32 Å². The van der Waals surface area contributed by atoms with Crippen molar-refractivity contribution < 1.29 is 14.7 Å². The molecule has 1 aliphatic rings. The van der Waals surface area contributed by atoms with Crippen LogP contribution in [0.4, 0.5) is 5.69 Å². The number of nitrogens with one attached hydrogen (secondary N) is 1. The van der Waals surface area contributed by atoms with Crippen LogP contribution in [0.3, 0.4) is 0 Å². The van der Waals surface area contributed by atoms with E-state index in [4.69, 9.17) is 0 Å². The zero-order valence-electron chi connectivity index (χ0n) is 12.6. The van der Waals surface area contributed by atoms with Crippen molar-refractivity contribution in [2.45, 2.75) is 13.0 Å². The van der Waals surface area contributed by atoms with Gasteiger partial charge in [0.1, 0.15) is 5.75 Å². The van der Waals surface area contributed by atoms with Crippen LogP contribution in [-0.2, 0) is 16.1 Å². The third-order valence-corrected chi connectivity index (χ3v) is 3.94. The summed E-state index contributed by atoms with van der Waals surface area (Å²) < 4.78 is 0. The van der Waals surface area contributed by atoms with Crippen molar-refractivity contribution >= 4 is 17.5 Å². The number of carbonyl (C=O) groups excluding carboxylic acids is 2. The molecule has 5 heteroatoms. The molecule has 0 aromatic heterocycles. The maximum Gasteiger partial charge on any atom is 0.229 e. The molecular weight excluding hydrogens is 292 g/mol. The molecule has 0 spiro atoms. The fraction of sp³-hybridized carbons (Fsp3) is 0.222. The molecule has 1 unspecified atom stereocenters. The number of nitrogens with zero attached hydrogens (tertiary/aromatic N) is 1. The van der Waals surface area contributed by atoms with Gasteiger partial charge in [0.25, 0.3) is 0 Å². The number of benzene rings is 2. The Morgan fingerprint density at radius 1 is 1.13 bits per heavy atom. The van der Waals surface area contributed by atoms with Gasteiger partial charge in [-0.3, -0.25) is 9.59 Å². The highest BCUT2D eigenvalue weighted by molar-refractivity contribution is 5.97. The smallest absolute Gasteiger partial charge is 0.229 e. The zero-order chi connectivity index (χ0) is 16.2. The summed E-state index contributed by atoms with van der Waals surface area (Å²) in [6, 6.07) is 16.0. The predicted molar refractivity (Wildman–Crippen MR) is 86.7 cm³/mol. The first-order chi connectivity index (χ1) is 11.1. The number of anilines is 1. The Kier molecular flexibility index (Phi) is 4.28. The molecule has 0 radical (unpaired) electrons. The second-order valence-corrected chi connectivity index (χ2v) is 5.70. The van der Waals surface area contributed by atoms with Gasteiger partial charge in [-0.05, 0) is 29.8 Å². The van der Waals surface area contributed by atoms with Gasteiger partial charge in [0, 0.05) is 25.2 Å². The van der Waals surface area contributed by atoms with Crippen LogP contribution in [0.15, 0.2) is 54.6 Å². The second-order valence-electron chi connectivity index (χ2n) is 5.70. The number of aromatic hydroxyl groups is 1. The minimum absolute atomic E-state index is 0.000269. The lowest BCUT2D eigenvalue weighted by molar-refractivity contribution is -0.128. The molecule has 23 heavy (non-hydrogen) atoms. The molecule has 1 saturated heterocycles.